The molecule has 6 heteroatoms. The summed E-state index contributed by atoms with van der Waals surface area (Å²) in [6.07, 6.45) is 2.88. The normalized spacial score (nSPS) is 16.6. The molecule has 0 bridgehead atoms. The van der Waals surface area contributed by atoms with Crippen molar-refractivity contribution in [1.29, 1.82) is 0 Å². The first kappa shape index (κ1) is 13.0. The Morgan fingerprint density at radius 1 is 1.39 bits per heavy atom. The summed E-state index contributed by atoms with van der Waals surface area (Å²) < 4.78 is 0.639. The van der Waals surface area contributed by atoms with Crippen molar-refractivity contribution in [3.05, 3.63) is 28.5 Å². The second kappa shape index (κ2) is 5.48. The minimum Gasteiger partial charge on any atom is -0.369 e. The van der Waals surface area contributed by atoms with Crippen LogP contribution in [0.1, 0.15) is 23.2 Å². The average molecular weight is 312 g/mol. The summed E-state index contributed by atoms with van der Waals surface area (Å²) in [6, 6.07) is 3.38. The lowest BCUT2D eigenvalue weighted by Gasteiger charge is -2.30. The van der Waals surface area contributed by atoms with Crippen molar-refractivity contribution >= 4 is 27.7 Å². The molecule has 2 heterocycles. The monoisotopic (exact) mass is 311 g/mol. The van der Waals surface area contributed by atoms with Crippen LogP contribution in [-0.4, -0.2) is 34.8 Å². The summed E-state index contributed by atoms with van der Waals surface area (Å²) in [5.74, 6) is -0.395. The fraction of sp³-hybridized carbons (Fsp3) is 0.417. The lowest BCUT2D eigenvalue weighted by Crippen LogP contribution is -2.41. The van der Waals surface area contributed by atoms with E-state index in [1.807, 2.05) is 0 Å². The van der Waals surface area contributed by atoms with Gasteiger partial charge in [0.2, 0.25) is 5.91 Å². The van der Waals surface area contributed by atoms with Crippen LogP contribution in [0.15, 0.2) is 22.9 Å². The number of rotatable bonds is 2. The van der Waals surface area contributed by atoms with Crippen LogP contribution in [0.2, 0.25) is 0 Å². The molecule has 1 aliphatic heterocycles. The largest absolute Gasteiger partial charge is 0.369 e. The highest BCUT2D eigenvalue weighted by molar-refractivity contribution is 9.10. The fourth-order valence-electron chi connectivity index (χ4n) is 2.09. The lowest BCUT2D eigenvalue weighted by atomic mass is 9.96. The maximum atomic E-state index is 12.2. The summed E-state index contributed by atoms with van der Waals surface area (Å²) in [5, 5.41) is 0. The number of halogens is 1. The van der Waals surface area contributed by atoms with E-state index in [2.05, 4.69) is 20.9 Å². The third-order valence-corrected chi connectivity index (χ3v) is 3.59. The number of pyridine rings is 1. The van der Waals surface area contributed by atoms with E-state index in [9.17, 15) is 9.59 Å². The molecular weight excluding hydrogens is 298 g/mol. The van der Waals surface area contributed by atoms with Gasteiger partial charge >= 0.3 is 0 Å². The number of hydrogen-bond donors (Lipinski definition) is 1. The molecule has 2 N–H and O–H groups in total. The zero-order chi connectivity index (χ0) is 13.1. The van der Waals surface area contributed by atoms with E-state index < -0.39 is 0 Å². The van der Waals surface area contributed by atoms with E-state index in [0.29, 0.717) is 36.1 Å². The van der Waals surface area contributed by atoms with Gasteiger partial charge in [-0.2, -0.15) is 0 Å². The van der Waals surface area contributed by atoms with E-state index in [1.165, 1.54) is 0 Å². The van der Waals surface area contributed by atoms with Crippen molar-refractivity contribution in [2.45, 2.75) is 12.8 Å². The van der Waals surface area contributed by atoms with Crippen LogP contribution in [0.4, 0.5) is 0 Å². The number of carbonyl (C=O) groups is 2. The van der Waals surface area contributed by atoms with Gasteiger partial charge in [-0.15, -0.1) is 0 Å². The fourth-order valence-corrected chi connectivity index (χ4v) is 2.45. The molecular formula is C12H14BrN3O2. The Morgan fingerprint density at radius 3 is 2.61 bits per heavy atom. The van der Waals surface area contributed by atoms with E-state index in [1.54, 1.807) is 23.2 Å². The van der Waals surface area contributed by atoms with Gasteiger partial charge in [-0.1, -0.05) is 0 Å². The van der Waals surface area contributed by atoms with Crippen molar-refractivity contribution in [2.24, 2.45) is 11.7 Å². The Morgan fingerprint density at radius 2 is 2.06 bits per heavy atom. The van der Waals surface area contributed by atoms with Crippen molar-refractivity contribution in [3.8, 4) is 0 Å². The quantitative estimate of drug-likeness (QED) is 0.833. The number of likely N-dealkylation sites (tertiary alicyclic amines) is 1. The van der Waals surface area contributed by atoms with Crippen molar-refractivity contribution in [3.63, 3.8) is 0 Å². The first-order valence-corrected chi connectivity index (χ1v) is 6.57. The third kappa shape index (κ3) is 2.87. The summed E-state index contributed by atoms with van der Waals surface area (Å²) in [7, 11) is 0. The van der Waals surface area contributed by atoms with Crippen LogP contribution in [0, 0.1) is 5.92 Å². The van der Waals surface area contributed by atoms with Crippen LogP contribution in [0.3, 0.4) is 0 Å². The molecule has 0 spiro atoms. The molecule has 0 atom stereocenters. The number of nitrogens with two attached hydrogens (primary N) is 1. The highest BCUT2D eigenvalue weighted by Crippen LogP contribution is 2.19. The molecule has 18 heavy (non-hydrogen) atoms. The Balaban J connectivity index is 2.02. The smallest absolute Gasteiger partial charge is 0.254 e. The highest BCUT2D eigenvalue weighted by Gasteiger charge is 2.26. The number of aromatic nitrogens is 1. The number of hydrogen-bond acceptors (Lipinski definition) is 3. The summed E-state index contributed by atoms with van der Waals surface area (Å²) in [5.41, 5.74) is 5.87. The predicted molar refractivity (Wildman–Crippen MR) is 69.8 cm³/mol. The van der Waals surface area contributed by atoms with Crippen LogP contribution in [-0.2, 0) is 4.79 Å². The van der Waals surface area contributed by atoms with Crippen LogP contribution in [0.5, 0.6) is 0 Å². The van der Waals surface area contributed by atoms with E-state index in [4.69, 9.17) is 5.73 Å². The molecule has 1 saturated heterocycles. The summed E-state index contributed by atoms with van der Waals surface area (Å²) in [4.78, 5) is 29.0. The van der Waals surface area contributed by atoms with Crippen LogP contribution >= 0.6 is 15.9 Å². The molecule has 0 saturated carbocycles. The molecule has 5 nitrogen and oxygen atoms in total. The van der Waals surface area contributed by atoms with Crippen molar-refractivity contribution in [1.82, 2.24) is 9.88 Å². The molecule has 0 aliphatic carbocycles. The van der Waals surface area contributed by atoms with Gasteiger partial charge in [0.05, 0.1) is 0 Å². The molecule has 1 aliphatic rings. The number of nitrogens with zero attached hydrogens (tertiary/aromatic N) is 2. The number of amides is 2. The van der Waals surface area contributed by atoms with Crippen molar-refractivity contribution in [2.75, 3.05) is 13.1 Å². The van der Waals surface area contributed by atoms with Gasteiger partial charge in [-0.25, -0.2) is 4.98 Å². The lowest BCUT2D eigenvalue weighted by molar-refractivity contribution is -0.123. The van der Waals surface area contributed by atoms with Gasteiger partial charge in [-0.3, -0.25) is 9.59 Å². The van der Waals surface area contributed by atoms with Crippen LogP contribution in [0.25, 0.3) is 0 Å². The van der Waals surface area contributed by atoms with Gasteiger partial charge in [-0.05, 0) is 40.9 Å². The average Bonchev–Trinajstić information content (AvgIpc) is 2.38. The number of carbonyl (C=O) groups excluding carboxylic acids is 2. The zero-order valence-electron chi connectivity index (χ0n) is 9.80. The topological polar surface area (TPSA) is 76.3 Å². The number of primary amides is 1. The molecule has 0 radical (unpaired) electrons. The Labute approximate surface area is 113 Å². The summed E-state index contributed by atoms with van der Waals surface area (Å²) in [6.45, 7) is 1.15. The minimum absolute atomic E-state index is 0.0268. The Hall–Kier alpha value is -1.43. The predicted octanol–water partition coefficient (Wildman–Crippen LogP) is 1.18. The Kier molecular flexibility index (Phi) is 3.96. The highest BCUT2D eigenvalue weighted by atomic mass is 79.9. The second-order valence-electron chi connectivity index (χ2n) is 4.34. The van der Waals surface area contributed by atoms with E-state index in [-0.39, 0.29) is 17.7 Å². The maximum Gasteiger partial charge on any atom is 0.254 e. The van der Waals surface area contributed by atoms with E-state index in [0.717, 1.165) is 0 Å². The SMILES string of the molecule is NC(=O)C1CCN(C(=O)c2ccnc(Br)c2)CC1. The van der Waals surface area contributed by atoms with Gasteiger partial charge < -0.3 is 10.6 Å². The molecule has 2 amide bonds. The van der Waals surface area contributed by atoms with Gasteiger partial charge in [0.15, 0.2) is 0 Å². The van der Waals surface area contributed by atoms with E-state index >= 15 is 0 Å². The van der Waals surface area contributed by atoms with Crippen LogP contribution < -0.4 is 5.73 Å². The van der Waals surface area contributed by atoms with Crippen molar-refractivity contribution < 1.29 is 9.59 Å². The zero-order valence-corrected chi connectivity index (χ0v) is 11.4. The minimum atomic E-state index is -0.270. The maximum absolute atomic E-state index is 12.2. The standard InChI is InChI=1S/C12H14BrN3O2/c13-10-7-9(1-4-15-10)12(18)16-5-2-8(3-6-16)11(14)17/h1,4,7-8H,2-3,5-6H2,(H2,14,17). The first-order chi connectivity index (χ1) is 8.58. The molecule has 1 aromatic rings. The first-order valence-electron chi connectivity index (χ1n) is 5.78. The molecule has 1 aromatic heterocycles. The Bertz CT molecular complexity index is 470. The number of piperidine rings is 1. The third-order valence-electron chi connectivity index (χ3n) is 3.16. The van der Waals surface area contributed by atoms with Gasteiger partial charge in [0, 0.05) is 30.8 Å². The molecule has 1 fully saturated rings. The molecule has 0 unspecified atom stereocenters. The van der Waals surface area contributed by atoms with Gasteiger partial charge in [0.25, 0.3) is 5.91 Å². The van der Waals surface area contributed by atoms with Gasteiger partial charge in [0.1, 0.15) is 4.60 Å². The summed E-state index contributed by atoms with van der Waals surface area (Å²) >= 11 is 3.24. The molecule has 96 valence electrons. The molecule has 0 aromatic carbocycles. The molecule has 2 rings (SSSR count). The second-order valence-corrected chi connectivity index (χ2v) is 5.15.